The minimum absolute atomic E-state index is 0.617. The summed E-state index contributed by atoms with van der Waals surface area (Å²) in [6.45, 7) is 0. The van der Waals surface area contributed by atoms with E-state index in [9.17, 15) is 0 Å². The van der Waals surface area contributed by atoms with Crippen LogP contribution < -0.4 is 0 Å². The molecule has 9 aromatic carbocycles. The smallest absolute Gasteiger partial charge is 0.164 e. The molecule has 0 saturated heterocycles. The highest BCUT2D eigenvalue weighted by molar-refractivity contribution is 6.13. The van der Waals surface area contributed by atoms with Crippen LogP contribution in [-0.2, 0) is 0 Å². The summed E-state index contributed by atoms with van der Waals surface area (Å²) in [6, 6.07) is 70.0. The molecule has 0 spiro atoms. The molecule has 11 rings (SSSR count). The van der Waals surface area contributed by atoms with Crippen LogP contribution in [0.1, 0.15) is 0 Å². The molecule has 266 valence electrons. The minimum Gasteiger partial charge on any atom is -0.456 e. The average Bonchev–Trinajstić information content (AvgIpc) is 3.67. The SMILES string of the molecule is c1ccc(-c2cc(-c3ccc(-c4nc(-c5ccc(-c6ccc7ccccc7c6)cc5)nc(-c5ccc6ccccc6c5)n4)cc3)cc3oc4ccccc4c23)cc1. The van der Waals surface area contributed by atoms with Crippen molar-refractivity contribution in [3.8, 4) is 67.5 Å². The first kappa shape index (κ1) is 32.7. The molecule has 11 aromatic rings. The second kappa shape index (κ2) is 13.6. The van der Waals surface area contributed by atoms with E-state index in [-0.39, 0.29) is 0 Å². The van der Waals surface area contributed by atoms with E-state index in [0.29, 0.717) is 17.5 Å². The second-order valence-electron chi connectivity index (χ2n) is 14.4. The number of rotatable bonds is 6. The Bertz CT molecular complexity index is 3280. The predicted octanol–water partition coefficient (Wildman–Crippen LogP) is 14.1. The molecule has 0 aliphatic carbocycles. The van der Waals surface area contributed by atoms with Crippen LogP contribution in [0.5, 0.6) is 0 Å². The highest BCUT2D eigenvalue weighted by Crippen LogP contribution is 2.40. The molecule has 0 saturated carbocycles. The third-order valence-electron chi connectivity index (χ3n) is 10.9. The summed E-state index contributed by atoms with van der Waals surface area (Å²) >= 11 is 0. The number of benzene rings is 9. The van der Waals surface area contributed by atoms with Gasteiger partial charge in [-0.15, -0.1) is 0 Å². The van der Waals surface area contributed by atoms with Crippen molar-refractivity contribution in [3.05, 3.63) is 200 Å². The summed E-state index contributed by atoms with van der Waals surface area (Å²) in [4.78, 5) is 15.2. The number of para-hydroxylation sites is 1. The predicted molar refractivity (Wildman–Crippen MR) is 235 cm³/mol. The van der Waals surface area contributed by atoms with Crippen molar-refractivity contribution < 1.29 is 4.42 Å². The Hall–Kier alpha value is -7.69. The van der Waals surface area contributed by atoms with Gasteiger partial charge in [0.2, 0.25) is 0 Å². The first-order valence-electron chi connectivity index (χ1n) is 19.2. The van der Waals surface area contributed by atoms with Gasteiger partial charge in [-0.2, -0.15) is 0 Å². The summed E-state index contributed by atoms with van der Waals surface area (Å²) in [7, 11) is 0. The van der Waals surface area contributed by atoms with Gasteiger partial charge in [-0.3, -0.25) is 0 Å². The molecular weight excluding hydrogens is 695 g/mol. The number of furan rings is 1. The Kier molecular flexibility index (Phi) is 7.78. The molecule has 0 unspecified atom stereocenters. The molecule has 0 bridgehead atoms. The Morgan fingerprint density at radius 2 is 0.754 bits per heavy atom. The largest absolute Gasteiger partial charge is 0.456 e. The molecule has 0 N–H and O–H groups in total. The summed E-state index contributed by atoms with van der Waals surface area (Å²) in [5.41, 5.74) is 11.3. The van der Waals surface area contributed by atoms with Crippen LogP contribution in [0.4, 0.5) is 0 Å². The van der Waals surface area contributed by atoms with E-state index in [0.717, 1.165) is 71.8 Å². The number of nitrogens with zero attached hydrogens (tertiary/aromatic N) is 3. The lowest BCUT2D eigenvalue weighted by molar-refractivity contribution is 0.669. The van der Waals surface area contributed by atoms with Crippen LogP contribution in [0.25, 0.3) is 111 Å². The van der Waals surface area contributed by atoms with Gasteiger partial charge in [0.1, 0.15) is 11.2 Å². The van der Waals surface area contributed by atoms with Crippen LogP contribution >= 0.6 is 0 Å². The van der Waals surface area contributed by atoms with Crippen molar-refractivity contribution in [1.29, 1.82) is 0 Å². The van der Waals surface area contributed by atoms with Gasteiger partial charge >= 0.3 is 0 Å². The molecule has 2 heterocycles. The first-order valence-corrected chi connectivity index (χ1v) is 19.2. The van der Waals surface area contributed by atoms with Gasteiger partial charge in [-0.25, -0.2) is 15.0 Å². The fraction of sp³-hybridized carbons (Fsp3) is 0. The summed E-state index contributed by atoms with van der Waals surface area (Å²) in [6.07, 6.45) is 0. The maximum absolute atomic E-state index is 6.43. The summed E-state index contributed by atoms with van der Waals surface area (Å²) < 4.78 is 6.43. The van der Waals surface area contributed by atoms with Crippen molar-refractivity contribution in [1.82, 2.24) is 15.0 Å². The van der Waals surface area contributed by atoms with E-state index >= 15 is 0 Å². The van der Waals surface area contributed by atoms with E-state index in [1.165, 1.54) is 21.7 Å². The second-order valence-corrected chi connectivity index (χ2v) is 14.4. The Labute approximate surface area is 329 Å². The molecule has 0 amide bonds. The molecule has 57 heavy (non-hydrogen) atoms. The van der Waals surface area contributed by atoms with Gasteiger partial charge in [0.15, 0.2) is 17.5 Å². The fourth-order valence-corrected chi connectivity index (χ4v) is 7.95. The normalized spacial score (nSPS) is 11.5. The van der Waals surface area contributed by atoms with Crippen LogP contribution in [0, 0.1) is 0 Å². The number of fused-ring (bicyclic) bond motifs is 5. The van der Waals surface area contributed by atoms with Gasteiger partial charge in [0.25, 0.3) is 0 Å². The van der Waals surface area contributed by atoms with E-state index in [4.69, 9.17) is 19.4 Å². The van der Waals surface area contributed by atoms with Crippen molar-refractivity contribution in [3.63, 3.8) is 0 Å². The molecule has 4 heteroatoms. The maximum atomic E-state index is 6.43. The highest BCUT2D eigenvalue weighted by Gasteiger charge is 2.17. The monoisotopic (exact) mass is 727 g/mol. The van der Waals surface area contributed by atoms with Crippen LogP contribution in [0.2, 0.25) is 0 Å². The molecule has 2 aromatic heterocycles. The van der Waals surface area contributed by atoms with E-state index < -0.39 is 0 Å². The van der Waals surface area contributed by atoms with Crippen molar-refractivity contribution in [2.75, 3.05) is 0 Å². The molecule has 0 fully saturated rings. The lowest BCUT2D eigenvalue weighted by Gasteiger charge is -2.11. The molecule has 0 atom stereocenters. The molecule has 0 aliphatic heterocycles. The lowest BCUT2D eigenvalue weighted by atomic mass is 9.94. The Morgan fingerprint density at radius 3 is 1.40 bits per heavy atom. The Balaban J connectivity index is 1.00. The lowest BCUT2D eigenvalue weighted by Crippen LogP contribution is -2.00. The van der Waals surface area contributed by atoms with Crippen molar-refractivity contribution in [2.24, 2.45) is 0 Å². The van der Waals surface area contributed by atoms with Crippen molar-refractivity contribution >= 4 is 43.5 Å². The van der Waals surface area contributed by atoms with E-state index in [1.807, 2.05) is 12.1 Å². The van der Waals surface area contributed by atoms with Gasteiger partial charge in [0, 0.05) is 27.5 Å². The van der Waals surface area contributed by atoms with Gasteiger partial charge in [-0.05, 0) is 85.3 Å². The zero-order valence-corrected chi connectivity index (χ0v) is 30.8. The number of aromatic nitrogens is 3. The third-order valence-corrected chi connectivity index (χ3v) is 10.9. The zero-order chi connectivity index (χ0) is 37.7. The Morgan fingerprint density at radius 1 is 0.281 bits per heavy atom. The topological polar surface area (TPSA) is 51.8 Å². The van der Waals surface area contributed by atoms with Crippen LogP contribution in [0.3, 0.4) is 0 Å². The maximum Gasteiger partial charge on any atom is 0.164 e. The standard InChI is InChI=1S/C53H33N3O/c1-2-12-38(13-3-1)47-32-45(33-49-50(47)46-16-8-9-17-48(46)57-49)37-20-26-40(27-21-37)52-54-51(55-53(56-52)44-29-23-35-11-5-7-15-42(35)31-44)39-24-18-36(19-25-39)43-28-22-34-10-4-6-14-41(34)30-43/h1-33H. The summed E-state index contributed by atoms with van der Waals surface area (Å²) in [5, 5.41) is 7.00. The quantitative estimate of drug-likeness (QED) is 0.171. The zero-order valence-electron chi connectivity index (χ0n) is 30.8. The minimum atomic E-state index is 0.617. The van der Waals surface area contributed by atoms with Gasteiger partial charge in [-0.1, -0.05) is 170 Å². The van der Waals surface area contributed by atoms with E-state index in [2.05, 4.69) is 188 Å². The number of hydrogen-bond acceptors (Lipinski definition) is 4. The summed E-state index contributed by atoms with van der Waals surface area (Å²) in [5.74, 6) is 1.87. The van der Waals surface area contributed by atoms with E-state index in [1.54, 1.807) is 0 Å². The third kappa shape index (κ3) is 6.01. The highest BCUT2D eigenvalue weighted by atomic mass is 16.3. The van der Waals surface area contributed by atoms with Gasteiger partial charge < -0.3 is 4.42 Å². The molecular formula is C53H33N3O. The van der Waals surface area contributed by atoms with Crippen LogP contribution in [0.15, 0.2) is 205 Å². The fourth-order valence-electron chi connectivity index (χ4n) is 7.95. The molecule has 4 nitrogen and oxygen atoms in total. The van der Waals surface area contributed by atoms with Crippen molar-refractivity contribution in [2.45, 2.75) is 0 Å². The molecule has 0 radical (unpaired) electrons. The molecule has 0 aliphatic rings. The van der Waals surface area contributed by atoms with Crippen LogP contribution in [-0.4, -0.2) is 15.0 Å². The first-order chi connectivity index (χ1) is 28.2. The average molecular weight is 728 g/mol. The number of hydrogen-bond donors (Lipinski definition) is 0. The van der Waals surface area contributed by atoms with Gasteiger partial charge in [0.05, 0.1) is 0 Å².